The molecule has 25 heavy (non-hydrogen) atoms. The van der Waals surface area contributed by atoms with E-state index in [0.29, 0.717) is 19.4 Å². The molecule has 1 aliphatic rings. The zero-order valence-corrected chi connectivity index (χ0v) is 15.0. The molecule has 0 aromatic carbocycles. The number of nitrogens with one attached hydrogen (secondary N) is 1. The third kappa shape index (κ3) is 5.31. The van der Waals surface area contributed by atoms with E-state index >= 15 is 0 Å². The molecule has 1 heterocycles. The van der Waals surface area contributed by atoms with E-state index in [2.05, 4.69) is 5.32 Å². The largest absolute Gasteiger partial charge is 0.416 e. The Hall–Kier alpha value is -1.35. The zero-order chi connectivity index (χ0) is 19.5. The van der Waals surface area contributed by atoms with Crippen molar-refractivity contribution in [1.82, 2.24) is 10.2 Å². The van der Waals surface area contributed by atoms with Crippen molar-refractivity contribution in [2.45, 2.75) is 70.9 Å². The predicted molar refractivity (Wildman–Crippen MR) is 86.4 cm³/mol. The van der Waals surface area contributed by atoms with Gasteiger partial charge in [0.2, 0.25) is 11.8 Å². The Kier molecular flexibility index (Phi) is 7.25. The molecule has 1 saturated heterocycles. The third-order valence-corrected chi connectivity index (χ3v) is 4.54. The number of hydrogen-bond donors (Lipinski definition) is 3. The molecule has 9 heteroatoms. The Morgan fingerprint density at radius 1 is 1.20 bits per heavy atom. The molecule has 1 fully saturated rings. The first-order valence-corrected chi connectivity index (χ1v) is 8.49. The molecule has 1 aliphatic heterocycles. The standard InChI is InChI=1S/C16H28F3N3O3/c1-8(2)11(20)15(25)22-7-5-6-10(22)14(24)21-12(9(3)4)13(23)16(17,18)19/h8-13,23H,5-7,20H2,1-4H3,(H,21,24)/t10?,11-,12?,13-/m0/s1. The number of alkyl halides is 3. The minimum atomic E-state index is -4.84. The van der Waals surface area contributed by atoms with Gasteiger partial charge in [0.15, 0.2) is 6.10 Å². The number of hydrogen-bond acceptors (Lipinski definition) is 4. The van der Waals surface area contributed by atoms with Crippen molar-refractivity contribution in [1.29, 1.82) is 0 Å². The first kappa shape index (κ1) is 21.7. The predicted octanol–water partition coefficient (Wildman–Crippen LogP) is 1.02. The van der Waals surface area contributed by atoms with Crippen LogP contribution in [0.2, 0.25) is 0 Å². The Bertz CT molecular complexity index is 483. The summed E-state index contributed by atoms with van der Waals surface area (Å²) in [6, 6.07) is -3.11. The molecule has 0 radical (unpaired) electrons. The molecule has 0 bridgehead atoms. The van der Waals surface area contributed by atoms with Crippen molar-refractivity contribution in [3.63, 3.8) is 0 Å². The highest BCUT2D eigenvalue weighted by atomic mass is 19.4. The maximum atomic E-state index is 12.8. The summed E-state index contributed by atoms with van der Waals surface area (Å²) >= 11 is 0. The number of amides is 2. The maximum absolute atomic E-state index is 12.8. The Balaban J connectivity index is 2.88. The van der Waals surface area contributed by atoms with Gasteiger partial charge in [-0.3, -0.25) is 9.59 Å². The Morgan fingerprint density at radius 2 is 1.76 bits per heavy atom. The van der Waals surface area contributed by atoms with Crippen molar-refractivity contribution in [3.05, 3.63) is 0 Å². The van der Waals surface area contributed by atoms with Gasteiger partial charge in [0, 0.05) is 6.54 Å². The van der Waals surface area contributed by atoms with E-state index in [-0.39, 0.29) is 11.8 Å². The topological polar surface area (TPSA) is 95.7 Å². The molecule has 0 aromatic rings. The first-order chi connectivity index (χ1) is 11.4. The number of aliphatic hydroxyl groups excluding tert-OH is 1. The Labute approximate surface area is 145 Å². The Morgan fingerprint density at radius 3 is 2.20 bits per heavy atom. The number of nitrogens with two attached hydrogens (primary N) is 1. The van der Waals surface area contributed by atoms with Crippen LogP contribution in [0.3, 0.4) is 0 Å². The summed E-state index contributed by atoms with van der Waals surface area (Å²) in [5, 5.41) is 11.8. The van der Waals surface area contributed by atoms with Gasteiger partial charge in [-0.1, -0.05) is 27.7 Å². The number of carbonyl (C=O) groups is 2. The lowest BCUT2D eigenvalue weighted by molar-refractivity contribution is -0.215. The normalized spacial score (nSPS) is 22.2. The number of likely N-dealkylation sites (tertiary alicyclic amines) is 1. The second-order valence-electron chi connectivity index (χ2n) is 7.22. The van der Waals surface area contributed by atoms with Gasteiger partial charge in [0.1, 0.15) is 6.04 Å². The molecule has 2 unspecified atom stereocenters. The summed E-state index contributed by atoms with van der Waals surface area (Å²) in [5.41, 5.74) is 5.85. The molecule has 0 aliphatic carbocycles. The van der Waals surface area contributed by atoms with E-state index < -0.39 is 42.2 Å². The van der Waals surface area contributed by atoms with E-state index in [1.54, 1.807) is 13.8 Å². The average molecular weight is 367 g/mol. The number of nitrogens with zero attached hydrogens (tertiary/aromatic N) is 1. The highest BCUT2D eigenvalue weighted by molar-refractivity contribution is 5.90. The summed E-state index contributed by atoms with van der Waals surface area (Å²) in [6.07, 6.45) is -6.58. The maximum Gasteiger partial charge on any atom is 0.416 e. The van der Waals surface area contributed by atoms with E-state index in [0.717, 1.165) is 0 Å². The van der Waals surface area contributed by atoms with Crippen molar-refractivity contribution in [2.75, 3.05) is 6.54 Å². The smallest absolute Gasteiger partial charge is 0.382 e. The van der Waals surface area contributed by atoms with Crippen LogP contribution in [0, 0.1) is 11.8 Å². The molecule has 4 atom stereocenters. The van der Waals surface area contributed by atoms with Crippen LogP contribution in [0.4, 0.5) is 13.2 Å². The third-order valence-electron chi connectivity index (χ3n) is 4.54. The summed E-state index contributed by atoms with van der Waals surface area (Å²) in [5.74, 6) is -1.83. The molecule has 0 spiro atoms. The monoisotopic (exact) mass is 367 g/mol. The van der Waals surface area contributed by atoms with Crippen molar-refractivity contribution < 1.29 is 27.9 Å². The fraction of sp³-hybridized carbons (Fsp3) is 0.875. The van der Waals surface area contributed by atoms with Gasteiger partial charge in [-0.15, -0.1) is 0 Å². The second kappa shape index (κ2) is 8.35. The first-order valence-electron chi connectivity index (χ1n) is 8.49. The van der Waals surface area contributed by atoms with Gasteiger partial charge in [-0.25, -0.2) is 0 Å². The highest BCUT2D eigenvalue weighted by Gasteiger charge is 2.46. The molecule has 0 aromatic heterocycles. The van der Waals surface area contributed by atoms with E-state index in [1.807, 2.05) is 0 Å². The van der Waals surface area contributed by atoms with Crippen LogP contribution < -0.4 is 11.1 Å². The van der Waals surface area contributed by atoms with Crippen molar-refractivity contribution >= 4 is 11.8 Å². The van der Waals surface area contributed by atoms with Gasteiger partial charge < -0.3 is 21.1 Å². The van der Waals surface area contributed by atoms with Crippen LogP contribution in [-0.2, 0) is 9.59 Å². The molecular weight excluding hydrogens is 339 g/mol. The molecule has 1 rings (SSSR count). The van der Waals surface area contributed by atoms with Gasteiger partial charge in [0.25, 0.3) is 0 Å². The van der Waals surface area contributed by atoms with Crippen LogP contribution >= 0.6 is 0 Å². The lowest BCUT2D eigenvalue weighted by atomic mass is 9.97. The van der Waals surface area contributed by atoms with Crippen molar-refractivity contribution in [2.24, 2.45) is 17.6 Å². The van der Waals surface area contributed by atoms with E-state index in [9.17, 15) is 27.9 Å². The van der Waals surface area contributed by atoms with Gasteiger partial charge in [0.05, 0.1) is 12.1 Å². The number of aliphatic hydroxyl groups is 1. The van der Waals surface area contributed by atoms with Crippen LogP contribution in [0.5, 0.6) is 0 Å². The fourth-order valence-electron chi connectivity index (χ4n) is 2.85. The van der Waals surface area contributed by atoms with E-state index in [4.69, 9.17) is 5.73 Å². The average Bonchev–Trinajstić information content (AvgIpc) is 2.98. The summed E-state index contributed by atoms with van der Waals surface area (Å²) < 4.78 is 38.4. The van der Waals surface area contributed by atoms with E-state index in [1.165, 1.54) is 18.7 Å². The summed E-state index contributed by atoms with van der Waals surface area (Å²) in [6.45, 7) is 6.86. The molecule has 146 valence electrons. The SMILES string of the molecule is CC(C)C(NC(=O)C1CCCN1C(=O)[C@@H](N)C(C)C)[C@H](O)C(F)(F)F. The minimum absolute atomic E-state index is 0.118. The fourth-order valence-corrected chi connectivity index (χ4v) is 2.85. The van der Waals surface area contributed by atoms with Crippen LogP contribution in [0.25, 0.3) is 0 Å². The molecule has 4 N–H and O–H groups in total. The van der Waals surface area contributed by atoms with Crippen LogP contribution in [-0.4, -0.2) is 58.8 Å². The van der Waals surface area contributed by atoms with Gasteiger partial charge in [-0.2, -0.15) is 13.2 Å². The zero-order valence-electron chi connectivity index (χ0n) is 15.0. The molecule has 0 saturated carbocycles. The van der Waals surface area contributed by atoms with Gasteiger partial charge in [-0.05, 0) is 24.7 Å². The second-order valence-corrected chi connectivity index (χ2v) is 7.22. The minimum Gasteiger partial charge on any atom is -0.382 e. The van der Waals surface area contributed by atoms with Crippen LogP contribution in [0.1, 0.15) is 40.5 Å². The molecule has 6 nitrogen and oxygen atoms in total. The molecular formula is C16H28F3N3O3. The number of halogens is 3. The molecule has 2 amide bonds. The lowest BCUT2D eigenvalue weighted by Crippen LogP contribution is -2.58. The summed E-state index contributed by atoms with van der Waals surface area (Å²) in [7, 11) is 0. The van der Waals surface area contributed by atoms with Crippen molar-refractivity contribution in [3.8, 4) is 0 Å². The number of rotatable bonds is 6. The van der Waals surface area contributed by atoms with Crippen LogP contribution in [0.15, 0.2) is 0 Å². The van der Waals surface area contributed by atoms with Gasteiger partial charge >= 0.3 is 6.18 Å². The highest BCUT2D eigenvalue weighted by Crippen LogP contribution is 2.26. The quantitative estimate of drug-likeness (QED) is 0.653. The lowest BCUT2D eigenvalue weighted by Gasteiger charge is -2.32. The summed E-state index contributed by atoms with van der Waals surface area (Å²) in [4.78, 5) is 26.2. The number of carbonyl (C=O) groups excluding carboxylic acids is 2.